The topological polar surface area (TPSA) is 35.2 Å². The van der Waals surface area contributed by atoms with E-state index in [1.165, 1.54) is 0 Å². The molecule has 1 aromatic carbocycles. The van der Waals surface area contributed by atoms with Gasteiger partial charge in [0.15, 0.2) is 0 Å². The molecule has 0 bridgehead atoms. The highest BCUT2D eigenvalue weighted by Crippen LogP contribution is 2.39. The van der Waals surface area contributed by atoms with E-state index in [0.717, 1.165) is 27.5 Å². The highest BCUT2D eigenvalue weighted by atomic mass is 35.5. The summed E-state index contributed by atoms with van der Waals surface area (Å²) in [6.45, 7) is 8.13. The van der Waals surface area contributed by atoms with Crippen molar-refractivity contribution in [2.45, 2.75) is 33.6 Å². The Morgan fingerprint density at radius 2 is 1.94 bits per heavy atom. The van der Waals surface area contributed by atoms with Crippen LogP contribution in [0.15, 0.2) is 6.07 Å². The predicted molar refractivity (Wildman–Crippen MR) is 81.8 cm³/mol. The largest absolute Gasteiger partial charge is 0.496 e. The fourth-order valence-corrected chi connectivity index (χ4v) is 2.66. The second-order valence-electron chi connectivity index (χ2n) is 4.73. The maximum Gasteiger partial charge on any atom is 0.125 e. The van der Waals surface area contributed by atoms with Crippen molar-refractivity contribution < 1.29 is 4.74 Å². The Morgan fingerprint density at radius 3 is 2.39 bits per heavy atom. The van der Waals surface area contributed by atoms with E-state index in [4.69, 9.17) is 34.3 Å². The second-order valence-corrected chi connectivity index (χ2v) is 5.61. The quantitative estimate of drug-likeness (QED) is 0.850. The third-order valence-electron chi connectivity index (χ3n) is 3.57. The minimum Gasteiger partial charge on any atom is -0.496 e. The highest BCUT2D eigenvalue weighted by Gasteiger charge is 2.24. The maximum absolute atomic E-state index is 6.26. The lowest BCUT2D eigenvalue weighted by molar-refractivity contribution is 0.399. The lowest BCUT2D eigenvalue weighted by atomic mass is 9.84. The molecule has 0 aliphatic heterocycles. The van der Waals surface area contributed by atoms with E-state index in [9.17, 15) is 0 Å². The molecule has 0 amide bonds. The highest BCUT2D eigenvalue weighted by molar-refractivity contribution is 7.80. The molecule has 4 heteroatoms. The van der Waals surface area contributed by atoms with Crippen molar-refractivity contribution in [1.82, 2.24) is 0 Å². The van der Waals surface area contributed by atoms with Crippen LogP contribution in [0.1, 0.15) is 36.5 Å². The first-order valence-corrected chi connectivity index (χ1v) is 6.72. The Hall–Kier alpha value is -0.800. The molecule has 100 valence electrons. The van der Waals surface area contributed by atoms with Crippen LogP contribution in [0.5, 0.6) is 5.75 Å². The average molecular weight is 286 g/mol. The van der Waals surface area contributed by atoms with Gasteiger partial charge in [0.1, 0.15) is 5.75 Å². The van der Waals surface area contributed by atoms with Crippen molar-refractivity contribution in [2.24, 2.45) is 11.7 Å². The molecule has 18 heavy (non-hydrogen) atoms. The van der Waals surface area contributed by atoms with Crippen LogP contribution in [0.2, 0.25) is 5.02 Å². The second kappa shape index (κ2) is 5.89. The van der Waals surface area contributed by atoms with Crippen LogP contribution >= 0.6 is 23.8 Å². The van der Waals surface area contributed by atoms with Gasteiger partial charge in [-0.25, -0.2) is 0 Å². The van der Waals surface area contributed by atoms with Gasteiger partial charge in [-0.15, -0.1) is 0 Å². The molecule has 0 fully saturated rings. The predicted octanol–water partition coefficient (Wildman–Crippen LogP) is 3.99. The first-order valence-electron chi connectivity index (χ1n) is 5.94. The molecule has 0 saturated heterocycles. The Labute approximate surface area is 119 Å². The van der Waals surface area contributed by atoms with E-state index in [1.54, 1.807) is 7.11 Å². The van der Waals surface area contributed by atoms with Gasteiger partial charge in [0, 0.05) is 16.5 Å². The number of nitrogens with two attached hydrogens (primary N) is 1. The third kappa shape index (κ3) is 2.78. The van der Waals surface area contributed by atoms with E-state index in [1.807, 2.05) is 26.8 Å². The Kier molecular flexibility index (Phi) is 5.00. The van der Waals surface area contributed by atoms with Gasteiger partial charge in [-0.1, -0.05) is 37.7 Å². The molecule has 0 aliphatic rings. The number of methoxy groups -OCH3 is 1. The van der Waals surface area contributed by atoms with Gasteiger partial charge < -0.3 is 10.5 Å². The summed E-state index contributed by atoms with van der Waals surface area (Å²) in [6.07, 6.45) is 0. The van der Waals surface area contributed by atoms with Crippen molar-refractivity contribution >= 4 is 28.8 Å². The number of rotatable bonds is 4. The summed E-state index contributed by atoms with van der Waals surface area (Å²) >= 11 is 11.3. The molecular formula is C14H20ClNOS. The van der Waals surface area contributed by atoms with E-state index in [2.05, 4.69) is 6.92 Å². The van der Waals surface area contributed by atoms with Crippen LogP contribution in [-0.4, -0.2) is 12.1 Å². The van der Waals surface area contributed by atoms with Crippen molar-refractivity contribution in [3.8, 4) is 5.75 Å². The van der Waals surface area contributed by atoms with Crippen LogP contribution in [0.25, 0.3) is 0 Å². The van der Waals surface area contributed by atoms with Crippen molar-refractivity contribution in [1.29, 1.82) is 0 Å². The molecular weight excluding hydrogens is 266 g/mol. The third-order valence-corrected chi connectivity index (χ3v) is 4.33. The van der Waals surface area contributed by atoms with Crippen molar-refractivity contribution in [3.63, 3.8) is 0 Å². The molecule has 0 aromatic heterocycles. The van der Waals surface area contributed by atoms with Crippen molar-refractivity contribution in [2.75, 3.05) is 7.11 Å². The SMILES string of the molecule is COc1c(C)cc(Cl)c(C)c1C(C)C(C)C(N)=S. The number of halogens is 1. The number of hydrogen-bond acceptors (Lipinski definition) is 2. The zero-order chi connectivity index (χ0) is 14.0. The molecule has 0 heterocycles. The fraction of sp³-hybridized carbons (Fsp3) is 0.500. The first-order chi connectivity index (χ1) is 8.31. The number of hydrogen-bond donors (Lipinski definition) is 1. The zero-order valence-corrected chi connectivity index (χ0v) is 13.1. The number of aryl methyl sites for hydroxylation is 1. The molecule has 2 N–H and O–H groups in total. The van der Waals surface area contributed by atoms with Crippen LogP contribution in [0, 0.1) is 19.8 Å². The normalized spacial score (nSPS) is 14.1. The van der Waals surface area contributed by atoms with Crippen LogP contribution in [0.4, 0.5) is 0 Å². The zero-order valence-electron chi connectivity index (χ0n) is 11.5. The van der Waals surface area contributed by atoms with Crippen molar-refractivity contribution in [3.05, 3.63) is 27.8 Å². The Balaban J connectivity index is 3.42. The summed E-state index contributed by atoms with van der Waals surface area (Å²) in [5.41, 5.74) is 8.92. The summed E-state index contributed by atoms with van der Waals surface area (Å²) in [5, 5.41) is 0.755. The van der Waals surface area contributed by atoms with Crippen LogP contribution in [0.3, 0.4) is 0 Å². The molecule has 1 aromatic rings. The number of benzene rings is 1. The summed E-state index contributed by atoms with van der Waals surface area (Å²) < 4.78 is 5.52. The molecule has 2 unspecified atom stereocenters. The fourth-order valence-electron chi connectivity index (χ4n) is 2.19. The number of thiocarbonyl (C=S) groups is 1. The van der Waals surface area contributed by atoms with Gasteiger partial charge in [0.05, 0.1) is 12.1 Å². The van der Waals surface area contributed by atoms with Gasteiger partial charge in [0.2, 0.25) is 0 Å². The van der Waals surface area contributed by atoms with Crippen LogP contribution < -0.4 is 10.5 Å². The van der Waals surface area contributed by atoms with Gasteiger partial charge in [0.25, 0.3) is 0 Å². The summed E-state index contributed by atoms with van der Waals surface area (Å²) in [6, 6.07) is 1.93. The molecule has 0 aliphatic carbocycles. The molecule has 2 nitrogen and oxygen atoms in total. The minimum absolute atomic E-state index is 0.102. The number of ether oxygens (including phenoxy) is 1. The molecule has 2 atom stereocenters. The van der Waals surface area contributed by atoms with E-state index < -0.39 is 0 Å². The standard InChI is InChI=1S/C14H20ClNOS/c1-7-6-11(15)10(4)12(13(7)17-5)8(2)9(3)14(16)18/h6,8-9H,1-5H3,(H2,16,18). The summed E-state index contributed by atoms with van der Waals surface area (Å²) in [5.74, 6) is 1.16. The van der Waals surface area contributed by atoms with E-state index in [0.29, 0.717) is 4.99 Å². The smallest absolute Gasteiger partial charge is 0.125 e. The van der Waals surface area contributed by atoms with E-state index >= 15 is 0 Å². The molecule has 0 radical (unpaired) electrons. The monoisotopic (exact) mass is 285 g/mol. The van der Waals surface area contributed by atoms with E-state index in [-0.39, 0.29) is 11.8 Å². The summed E-state index contributed by atoms with van der Waals surface area (Å²) in [4.78, 5) is 0.515. The lowest BCUT2D eigenvalue weighted by Gasteiger charge is -2.25. The Morgan fingerprint density at radius 1 is 1.39 bits per heavy atom. The Bertz CT molecular complexity index is 473. The molecule has 0 spiro atoms. The van der Waals surface area contributed by atoms with Crippen LogP contribution in [-0.2, 0) is 0 Å². The molecule has 1 rings (SSSR count). The summed E-state index contributed by atoms with van der Waals surface area (Å²) in [7, 11) is 1.68. The molecule has 0 saturated carbocycles. The maximum atomic E-state index is 6.26. The first kappa shape index (κ1) is 15.3. The minimum atomic E-state index is 0.102. The van der Waals surface area contributed by atoms with Gasteiger partial charge in [-0.05, 0) is 37.0 Å². The van der Waals surface area contributed by atoms with Gasteiger partial charge in [-0.2, -0.15) is 0 Å². The lowest BCUT2D eigenvalue weighted by Crippen LogP contribution is -2.24. The average Bonchev–Trinajstić information content (AvgIpc) is 2.31. The van der Waals surface area contributed by atoms with Gasteiger partial charge in [-0.3, -0.25) is 0 Å². The van der Waals surface area contributed by atoms with Gasteiger partial charge >= 0.3 is 0 Å².